The Labute approximate surface area is 185 Å². The zero-order chi connectivity index (χ0) is 23.0. The molecule has 2 N–H and O–H groups in total. The minimum atomic E-state index is -0.650. The summed E-state index contributed by atoms with van der Waals surface area (Å²) in [6.45, 7) is 7.59. The predicted octanol–water partition coefficient (Wildman–Crippen LogP) is 4.96. The van der Waals surface area contributed by atoms with E-state index in [0.29, 0.717) is 24.1 Å². The van der Waals surface area contributed by atoms with Crippen LogP contribution in [0.15, 0.2) is 41.7 Å². The van der Waals surface area contributed by atoms with Crippen LogP contribution in [0.3, 0.4) is 0 Å². The molecule has 0 bridgehead atoms. The molecule has 0 saturated carbocycles. The van der Waals surface area contributed by atoms with Crippen molar-refractivity contribution in [3.05, 3.63) is 70.8 Å². The molecule has 4 rings (SSSR count). The van der Waals surface area contributed by atoms with Gasteiger partial charge >= 0.3 is 0 Å². The molecule has 32 heavy (non-hydrogen) atoms. The van der Waals surface area contributed by atoms with Gasteiger partial charge in [-0.1, -0.05) is 11.2 Å². The van der Waals surface area contributed by atoms with Gasteiger partial charge in [-0.3, -0.25) is 0 Å². The number of anilines is 1. The molecule has 2 aromatic heterocycles. The molecule has 2 heterocycles. The van der Waals surface area contributed by atoms with E-state index in [1.54, 1.807) is 18.2 Å². The molecule has 0 fully saturated rings. The summed E-state index contributed by atoms with van der Waals surface area (Å²) in [4.78, 5) is 18.2. The zero-order valence-corrected chi connectivity index (χ0v) is 18.5. The molecule has 1 aliphatic rings. The molecule has 0 saturated heterocycles. The lowest BCUT2D eigenvalue weighted by Crippen LogP contribution is -2.25. The quantitative estimate of drug-likeness (QED) is 0.462. The zero-order valence-electron chi connectivity index (χ0n) is 18.5. The third-order valence-electron chi connectivity index (χ3n) is 5.28. The van der Waals surface area contributed by atoms with E-state index in [9.17, 15) is 8.78 Å². The fraction of sp³-hybridized carbons (Fsp3) is 0.333. The number of halogens is 2. The Bertz CT molecular complexity index is 1200. The molecule has 8 heteroatoms. The molecule has 6 nitrogen and oxygen atoms in total. The summed E-state index contributed by atoms with van der Waals surface area (Å²) in [5.74, 6) is -1.07. The van der Waals surface area contributed by atoms with Crippen LogP contribution >= 0.6 is 0 Å². The van der Waals surface area contributed by atoms with E-state index < -0.39 is 17.4 Å². The lowest BCUT2D eigenvalue weighted by molar-refractivity contribution is 0.000532. The number of hydrogen-bond donors (Lipinski definition) is 1. The fourth-order valence-electron chi connectivity index (χ4n) is 4.02. The minimum absolute atomic E-state index is 0.145. The Morgan fingerprint density at radius 2 is 1.88 bits per heavy atom. The Morgan fingerprint density at radius 1 is 1.09 bits per heavy atom. The first-order valence-electron chi connectivity index (χ1n) is 10.4. The van der Waals surface area contributed by atoms with Gasteiger partial charge in [0.2, 0.25) is 11.9 Å². The van der Waals surface area contributed by atoms with Gasteiger partial charge in [0, 0.05) is 23.7 Å². The third-order valence-corrected chi connectivity index (χ3v) is 5.28. The van der Waals surface area contributed by atoms with Gasteiger partial charge < -0.3 is 10.6 Å². The molecule has 1 aliphatic carbocycles. The van der Waals surface area contributed by atoms with E-state index in [4.69, 9.17) is 10.6 Å². The Kier molecular flexibility index (Phi) is 5.62. The van der Waals surface area contributed by atoms with Gasteiger partial charge in [0.15, 0.2) is 0 Å². The van der Waals surface area contributed by atoms with Gasteiger partial charge in [-0.25, -0.2) is 19.3 Å². The Balaban J connectivity index is 1.85. The minimum Gasteiger partial charge on any atom is -0.390 e. The van der Waals surface area contributed by atoms with Crippen LogP contribution < -0.4 is 5.73 Å². The smallest absolute Gasteiger partial charge is 0.220 e. The summed E-state index contributed by atoms with van der Waals surface area (Å²) in [6, 6.07) is 7.63. The highest BCUT2D eigenvalue weighted by Gasteiger charge is 2.31. The van der Waals surface area contributed by atoms with E-state index in [1.165, 1.54) is 18.3 Å². The number of aryl methyl sites for hydroxylation is 1. The van der Waals surface area contributed by atoms with Gasteiger partial charge in [-0.2, -0.15) is 4.39 Å². The van der Waals surface area contributed by atoms with Crippen LogP contribution in [0.5, 0.6) is 0 Å². The van der Waals surface area contributed by atoms with Crippen molar-refractivity contribution in [3.63, 3.8) is 0 Å². The van der Waals surface area contributed by atoms with Crippen molar-refractivity contribution in [2.24, 2.45) is 5.16 Å². The van der Waals surface area contributed by atoms with Crippen LogP contribution in [0.2, 0.25) is 0 Å². The van der Waals surface area contributed by atoms with Crippen molar-refractivity contribution >= 4 is 11.7 Å². The number of hydrogen-bond acceptors (Lipinski definition) is 6. The monoisotopic (exact) mass is 437 g/mol. The van der Waals surface area contributed by atoms with Crippen molar-refractivity contribution in [1.29, 1.82) is 0 Å². The summed E-state index contributed by atoms with van der Waals surface area (Å²) in [6.07, 6.45) is 2.39. The van der Waals surface area contributed by atoms with E-state index in [0.717, 1.165) is 22.5 Å². The van der Waals surface area contributed by atoms with Crippen LogP contribution in [-0.2, 0) is 11.3 Å². The highest BCUT2D eigenvalue weighted by atomic mass is 19.1. The SMILES string of the molecule is Cc1nc(N)nc2c1/C(=N/OC(C)(C)C)CC(c1ccc(F)cc1-c1cccnc1F)C2. The standard InChI is InChI=1S/C24H25F2N5O/c1-13-21-19(30-23(27)29-13)10-14(11-20(21)31-32-24(2,3)4)16-8-7-15(25)12-18(16)17-6-5-9-28-22(17)26/h5-9,12,14H,10-11H2,1-4H3,(H2,27,29,30)/b31-20+. The lowest BCUT2D eigenvalue weighted by Gasteiger charge is -2.28. The van der Waals surface area contributed by atoms with Gasteiger partial charge in [0.25, 0.3) is 0 Å². The maximum absolute atomic E-state index is 14.5. The van der Waals surface area contributed by atoms with Gasteiger partial charge in [-0.15, -0.1) is 0 Å². The summed E-state index contributed by atoms with van der Waals surface area (Å²) in [5, 5.41) is 4.43. The number of rotatable bonds is 3. The molecule has 166 valence electrons. The van der Waals surface area contributed by atoms with Crippen LogP contribution in [0.1, 0.15) is 55.6 Å². The summed E-state index contributed by atoms with van der Waals surface area (Å²) >= 11 is 0. The van der Waals surface area contributed by atoms with Crippen molar-refractivity contribution in [2.75, 3.05) is 5.73 Å². The molecule has 3 aromatic rings. The molecule has 1 unspecified atom stereocenters. The first-order valence-corrected chi connectivity index (χ1v) is 10.4. The molecule has 0 spiro atoms. The highest BCUT2D eigenvalue weighted by Crippen LogP contribution is 2.39. The molecular formula is C24H25F2N5O. The van der Waals surface area contributed by atoms with Gasteiger partial charge in [-0.05, 0) is 75.4 Å². The van der Waals surface area contributed by atoms with Gasteiger partial charge in [0.05, 0.1) is 17.1 Å². The summed E-state index contributed by atoms with van der Waals surface area (Å²) < 4.78 is 28.7. The second-order valence-electron chi connectivity index (χ2n) is 8.91. The number of pyridine rings is 1. The Hall–Kier alpha value is -3.42. The number of nitrogens with two attached hydrogens (primary N) is 1. The summed E-state index contributed by atoms with van der Waals surface area (Å²) in [7, 11) is 0. The second kappa shape index (κ2) is 8.26. The van der Waals surface area contributed by atoms with E-state index in [2.05, 4.69) is 20.1 Å². The summed E-state index contributed by atoms with van der Waals surface area (Å²) in [5.41, 5.74) is 9.88. The normalized spacial score (nSPS) is 17.3. The third kappa shape index (κ3) is 4.44. The maximum Gasteiger partial charge on any atom is 0.220 e. The first-order chi connectivity index (χ1) is 15.1. The van der Waals surface area contributed by atoms with Crippen LogP contribution in [0, 0.1) is 18.7 Å². The molecule has 0 aliphatic heterocycles. The fourth-order valence-corrected chi connectivity index (χ4v) is 4.02. The number of oxime groups is 1. The second-order valence-corrected chi connectivity index (χ2v) is 8.91. The van der Waals surface area contributed by atoms with E-state index >= 15 is 0 Å². The number of nitrogen functional groups attached to an aromatic ring is 1. The number of fused-ring (bicyclic) bond motifs is 1. The number of aromatic nitrogens is 3. The molecule has 0 radical (unpaired) electrons. The van der Waals surface area contributed by atoms with Crippen LogP contribution in [-0.4, -0.2) is 26.3 Å². The van der Waals surface area contributed by atoms with Crippen LogP contribution in [0.4, 0.5) is 14.7 Å². The average Bonchev–Trinajstić information content (AvgIpc) is 2.71. The van der Waals surface area contributed by atoms with Gasteiger partial charge in [0.1, 0.15) is 11.4 Å². The van der Waals surface area contributed by atoms with E-state index in [-0.39, 0.29) is 17.4 Å². The lowest BCUT2D eigenvalue weighted by atomic mass is 9.78. The largest absolute Gasteiger partial charge is 0.390 e. The van der Waals surface area contributed by atoms with Crippen molar-refractivity contribution in [3.8, 4) is 11.1 Å². The molecule has 1 atom stereocenters. The number of nitrogens with zero attached hydrogens (tertiary/aromatic N) is 4. The predicted molar refractivity (Wildman–Crippen MR) is 119 cm³/mol. The first kappa shape index (κ1) is 21.8. The highest BCUT2D eigenvalue weighted by molar-refractivity contribution is 6.03. The Morgan fingerprint density at radius 3 is 2.59 bits per heavy atom. The number of benzene rings is 1. The molecule has 0 amide bonds. The molecular weight excluding hydrogens is 412 g/mol. The topological polar surface area (TPSA) is 86.3 Å². The van der Waals surface area contributed by atoms with Crippen molar-refractivity contribution < 1.29 is 13.6 Å². The van der Waals surface area contributed by atoms with Crippen LogP contribution in [0.25, 0.3) is 11.1 Å². The van der Waals surface area contributed by atoms with E-state index in [1.807, 2.05) is 27.7 Å². The maximum atomic E-state index is 14.5. The average molecular weight is 437 g/mol. The van der Waals surface area contributed by atoms with Crippen molar-refractivity contribution in [1.82, 2.24) is 15.0 Å². The molecule has 1 aromatic carbocycles. The van der Waals surface area contributed by atoms with Crippen molar-refractivity contribution in [2.45, 2.75) is 52.1 Å².